The molecule has 0 radical (unpaired) electrons. The zero-order valence-electron chi connectivity index (χ0n) is 10.4. The number of alkyl halides is 3. The molecule has 2 aromatic rings. The number of benzene rings is 1. The van der Waals surface area contributed by atoms with E-state index < -0.39 is 23.3 Å². The highest BCUT2D eigenvalue weighted by Gasteiger charge is 2.33. The Balaban J connectivity index is 2.31. The van der Waals surface area contributed by atoms with Crippen LogP contribution in [0, 0.1) is 0 Å². The topological polar surface area (TPSA) is 68.0 Å². The van der Waals surface area contributed by atoms with Crippen molar-refractivity contribution in [3.8, 4) is 0 Å². The Morgan fingerprint density at radius 2 is 2.00 bits per heavy atom. The molecular weight excluding hydrogens is 351 g/mol. The Morgan fingerprint density at radius 1 is 1.29 bits per heavy atom. The number of hydrogen-bond donors (Lipinski definition) is 2. The van der Waals surface area contributed by atoms with Gasteiger partial charge in [-0.15, -0.1) is 0 Å². The molecule has 1 aromatic heterocycles. The second-order valence-corrected chi connectivity index (χ2v) is 4.96. The fourth-order valence-corrected chi connectivity index (χ4v) is 1.96. The third-order valence-electron chi connectivity index (χ3n) is 2.64. The molecule has 0 unspecified atom stereocenters. The van der Waals surface area contributed by atoms with Crippen LogP contribution in [0.1, 0.15) is 15.9 Å². The number of nitrogen functional groups attached to an aromatic ring is 1. The number of halogens is 4. The van der Waals surface area contributed by atoms with Crippen LogP contribution < -0.4 is 11.1 Å². The van der Waals surface area contributed by atoms with Crippen molar-refractivity contribution in [2.45, 2.75) is 6.18 Å². The second-order valence-electron chi connectivity index (χ2n) is 4.11. The van der Waals surface area contributed by atoms with Gasteiger partial charge in [-0.1, -0.05) is 0 Å². The first-order chi connectivity index (χ1) is 9.79. The highest BCUT2D eigenvalue weighted by molar-refractivity contribution is 9.10. The van der Waals surface area contributed by atoms with E-state index in [4.69, 9.17) is 5.73 Å². The zero-order valence-corrected chi connectivity index (χ0v) is 12.0. The first-order valence-corrected chi connectivity index (χ1v) is 6.46. The van der Waals surface area contributed by atoms with Crippen LogP contribution in [0.15, 0.2) is 41.1 Å². The maximum absolute atomic E-state index is 12.8. The van der Waals surface area contributed by atoms with Crippen molar-refractivity contribution < 1.29 is 18.0 Å². The van der Waals surface area contributed by atoms with Crippen molar-refractivity contribution in [3.63, 3.8) is 0 Å². The lowest BCUT2D eigenvalue weighted by molar-refractivity contribution is -0.136. The van der Waals surface area contributed by atoms with Gasteiger partial charge in [0, 0.05) is 23.6 Å². The molecular formula is C13H9BrF3N3O. The highest BCUT2D eigenvalue weighted by Crippen LogP contribution is 2.34. The van der Waals surface area contributed by atoms with Gasteiger partial charge >= 0.3 is 6.18 Å². The first-order valence-electron chi connectivity index (χ1n) is 5.66. The summed E-state index contributed by atoms with van der Waals surface area (Å²) < 4.78 is 38.8. The van der Waals surface area contributed by atoms with Crippen LogP contribution in [0.5, 0.6) is 0 Å². The molecule has 0 saturated carbocycles. The number of aromatic nitrogens is 1. The molecule has 0 saturated heterocycles. The fourth-order valence-electron chi connectivity index (χ4n) is 1.61. The van der Waals surface area contributed by atoms with E-state index in [0.29, 0.717) is 10.2 Å². The van der Waals surface area contributed by atoms with Crippen LogP contribution in [-0.4, -0.2) is 10.9 Å². The summed E-state index contributed by atoms with van der Waals surface area (Å²) >= 11 is 3.18. The Kier molecular flexibility index (Phi) is 4.17. The van der Waals surface area contributed by atoms with Crippen molar-refractivity contribution in [1.29, 1.82) is 0 Å². The summed E-state index contributed by atoms with van der Waals surface area (Å²) in [4.78, 5) is 15.8. The quantitative estimate of drug-likeness (QED) is 0.803. The summed E-state index contributed by atoms with van der Waals surface area (Å²) in [6.07, 6.45) is -1.71. The molecule has 0 aliphatic rings. The van der Waals surface area contributed by atoms with Gasteiger partial charge in [-0.2, -0.15) is 13.2 Å². The molecule has 0 aliphatic carbocycles. The van der Waals surface area contributed by atoms with E-state index in [1.165, 1.54) is 24.5 Å². The van der Waals surface area contributed by atoms with Gasteiger partial charge in [-0.3, -0.25) is 9.78 Å². The molecule has 110 valence electrons. The minimum Gasteiger partial charge on any atom is -0.398 e. The molecule has 0 bridgehead atoms. The molecule has 3 N–H and O–H groups in total. The fraction of sp³-hybridized carbons (Fsp3) is 0.0769. The Morgan fingerprint density at radius 3 is 2.62 bits per heavy atom. The second kappa shape index (κ2) is 5.72. The smallest absolute Gasteiger partial charge is 0.398 e. The summed E-state index contributed by atoms with van der Waals surface area (Å²) in [7, 11) is 0. The lowest BCUT2D eigenvalue weighted by Crippen LogP contribution is -2.15. The van der Waals surface area contributed by atoms with Crippen molar-refractivity contribution >= 4 is 33.2 Å². The number of carbonyl (C=O) groups is 1. The lowest BCUT2D eigenvalue weighted by Gasteiger charge is -2.12. The standard InChI is InChI=1S/C13H9BrF3N3O/c14-9-6-19-4-3-11(9)20-12(21)7-1-2-10(18)8(5-7)13(15,16)17/h1-6H,18H2,(H,19,20,21). The molecule has 2 rings (SSSR count). The number of anilines is 2. The van der Waals surface area contributed by atoms with Gasteiger partial charge in [0.05, 0.1) is 15.7 Å². The molecule has 0 spiro atoms. The van der Waals surface area contributed by atoms with Gasteiger partial charge in [0.1, 0.15) is 0 Å². The van der Waals surface area contributed by atoms with E-state index in [1.54, 1.807) is 0 Å². The number of amides is 1. The zero-order chi connectivity index (χ0) is 15.6. The van der Waals surface area contributed by atoms with Crippen molar-refractivity contribution in [1.82, 2.24) is 4.98 Å². The summed E-state index contributed by atoms with van der Waals surface area (Å²) in [5.41, 5.74) is 4.08. The van der Waals surface area contributed by atoms with Crippen molar-refractivity contribution in [2.75, 3.05) is 11.1 Å². The lowest BCUT2D eigenvalue weighted by atomic mass is 10.1. The molecule has 21 heavy (non-hydrogen) atoms. The largest absolute Gasteiger partial charge is 0.418 e. The van der Waals surface area contributed by atoms with Crippen LogP contribution in [0.4, 0.5) is 24.5 Å². The SMILES string of the molecule is Nc1ccc(C(=O)Nc2ccncc2Br)cc1C(F)(F)F. The third kappa shape index (κ3) is 3.52. The van der Waals surface area contributed by atoms with Gasteiger partial charge in [0.2, 0.25) is 0 Å². The maximum atomic E-state index is 12.8. The Bertz CT molecular complexity index is 689. The predicted molar refractivity (Wildman–Crippen MR) is 75.7 cm³/mol. The number of carbonyl (C=O) groups excluding carboxylic acids is 1. The predicted octanol–water partition coefficient (Wildman–Crippen LogP) is 3.70. The molecule has 8 heteroatoms. The van der Waals surface area contributed by atoms with Crippen molar-refractivity contribution in [2.24, 2.45) is 0 Å². The average molecular weight is 360 g/mol. The van der Waals surface area contributed by atoms with Gasteiger partial charge < -0.3 is 11.1 Å². The van der Waals surface area contributed by atoms with Gasteiger partial charge in [-0.25, -0.2) is 0 Å². The number of rotatable bonds is 2. The van der Waals surface area contributed by atoms with Crippen molar-refractivity contribution in [3.05, 3.63) is 52.3 Å². The first kappa shape index (κ1) is 15.3. The molecule has 4 nitrogen and oxygen atoms in total. The van der Waals surface area contributed by atoms with Crippen LogP contribution in [0.2, 0.25) is 0 Å². The normalized spacial score (nSPS) is 11.2. The molecule has 1 amide bonds. The monoisotopic (exact) mass is 359 g/mol. The number of nitrogens with one attached hydrogen (secondary N) is 1. The Hall–Kier alpha value is -2.09. The summed E-state index contributed by atoms with van der Waals surface area (Å²) in [6.45, 7) is 0. The van der Waals surface area contributed by atoms with Crippen LogP contribution in [-0.2, 0) is 6.18 Å². The highest BCUT2D eigenvalue weighted by atomic mass is 79.9. The van der Waals surface area contributed by atoms with E-state index in [1.807, 2.05) is 0 Å². The van der Waals surface area contributed by atoms with E-state index in [2.05, 4.69) is 26.2 Å². The molecule has 0 aliphatic heterocycles. The Labute approximate surface area is 126 Å². The molecule has 1 heterocycles. The van der Waals surface area contributed by atoms with Crippen LogP contribution >= 0.6 is 15.9 Å². The number of hydrogen-bond acceptors (Lipinski definition) is 3. The van der Waals surface area contributed by atoms with Gasteiger partial charge in [0.15, 0.2) is 0 Å². The number of nitrogens with zero attached hydrogens (tertiary/aromatic N) is 1. The van der Waals surface area contributed by atoms with Gasteiger partial charge in [0.25, 0.3) is 5.91 Å². The van der Waals surface area contributed by atoms with E-state index >= 15 is 0 Å². The van der Waals surface area contributed by atoms with E-state index in [9.17, 15) is 18.0 Å². The minimum absolute atomic E-state index is 0.139. The maximum Gasteiger partial charge on any atom is 0.418 e. The third-order valence-corrected chi connectivity index (χ3v) is 3.27. The minimum atomic E-state index is -4.61. The molecule has 1 aromatic carbocycles. The van der Waals surface area contributed by atoms with E-state index in [-0.39, 0.29) is 5.56 Å². The summed E-state index contributed by atoms with van der Waals surface area (Å²) in [6, 6.07) is 4.53. The summed E-state index contributed by atoms with van der Waals surface area (Å²) in [5.74, 6) is -0.674. The average Bonchev–Trinajstić information content (AvgIpc) is 2.40. The molecule has 0 fully saturated rings. The number of pyridine rings is 1. The van der Waals surface area contributed by atoms with E-state index in [0.717, 1.165) is 12.1 Å². The van der Waals surface area contributed by atoms with Crippen LogP contribution in [0.3, 0.4) is 0 Å². The van der Waals surface area contributed by atoms with Crippen LogP contribution in [0.25, 0.3) is 0 Å². The van der Waals surface area contributed by atoms with Gasteiger partial charge in [-0.05, 0) is 40.2 Å². The summed E-state index contributed by atoms with van der Waals surface area (Å²) in [5, 5.41) is 2.49. The molecule has 0 atom stereocenters. The number of nitrogens with two attached hydrogens (primary N) is 1.